The highest BCUT2D eigenvalue weighted by Crippen LogP contribution is 2.33. The fraction of sp³-hybridized carbons (Fsp3) is 0.632. The van der Waals surface area contributed by atoms with Gasteiger partial charge < -0.3 is 14.5 Å². The molecule has 2 fully saturated rings. The predicted octanol–water partition coefficient (Wildman–Crippen LogP) is 1.31. The van der Waals surface area contributed by atoms with E-state index in [0.717, 1.165) is 50.5 Å². The lowest BCUT2D eigenvalue weighted by atomic mass is 9.86. The summed E-state index contributed by atoms with van der Waals surface area (Å²) in [5.41, 5.74) is 0.884. The highest BCUT2D eigenvalue weighted by atomic mass is 16.5. The molecule has 0 aromatic carbocycles. The lowest BCUT2D eigenvalue weighted by Crippen LogP contribution is -2.61. The third-order valence-corrected chi connectivity index (χ3v) is 5.68. The minimum absolute atomic E-state index is 0.00377. The average molecular weight is 359 g/mol. The molecule has 3 rings (SSSR count). The first-order chi connectivity index (χ1) is 12.6. The van der Waals surface area contributed by atoms with Crippen LogP contribution < -0.4 is 4.90 Å². The Kier molecular flexibility index (Phi) is 5.88. The zero-order valence-corrected chi connectivity index (χ0v) is 15.9. The molecule has 0 saturated carbocycles. The van der Waals surface area contributed by atoms with Crippen molar-refractivity contribution in [3.05, 3.63) is 30.7 Å². The van der Waals surface area contributed by atoms with Crippen molar-refractivity contribution < 1.29 is 9.53 Å². The summed E-state index contributed by atoms with van der Waals surface area (Å²) in [5, 5.41) is 0. The van der Waals surface area contributed by atoms with Crippen LogP contribution in [0.25, 0.3) is 0 Å². The van der Waals surface area contributed by atoms with Crippen molar-refractivity contribution in [1.29, 1.82) is 0 Å². The number of likely N-dealkylation sites (N-methyl/N-ethyl adjacent to an activating group) is 1. The SMILES string of the molecule is C=CCN1CC[C@]2(CCC1=O)CN(c1cc(COC)ncn1)CCN2C. The molecule has 0 unspecified atom stereocenters. The molecule has 1 atom stereocenters. The predicted molar refractivity (Wildman–Crippen MR) is 101 cm³/mol. The fourth-order valence-electron chi connectivity index (χ4n) is 4.02. The lowest BCUT2D eigenvalue weighted by Gasteiger charge is -2.49. The van der Waals surface area contributed by atoms with E-state index in [0.29, 0.717) is 19.6 Å². The maximum absolute atomic E-state index is 12.4. The van der Waals surface area contributed by atoms with Crippen LogP contribution in [-0.4, -0.2) is 78.1 Å². The van der Waals surface area contributed by atoms with Gasteiger partial charge in [-0.3, -0.25) is 9.69 Å². The normalized spacial score (nSPS) is 24.8. The van der Waals surface area contributed by atoms with Crippen molar-refractivity contribution in [3.8, 4) is 0 Å². The maximum atomic E-state index is 12.4. The number of ether oxygens (including phenoxy) is 1. The average Bonchev–Trinajstić information content (AvgIpc) is 2.80. The monoisotopic (exact) mass is 359 g/mol. The summed E-state index contributed by atoms with van der Waals surface area (Å²) in [5.74, 6) is 1.18. The third-order valence-electron chi connectivity index (χ3n) is 5.68. The van der Waals surface area contributed by atoms with E-state index in [1.54, 1.807) is 13.4 Å². The molecule has 2 aliphatic rings. The van der Waals surface area contributed by atoms with Gasteiger partial charge >= 0.3 is 0 Å². The summed E-state index contributed by atoms with van der Waals surface area (Å²) >= 11 is 0. The molecule has 0 N–H and O–H groups in total. The molecule has 1 spiro atoms. The molecule has 7 heteroatoms. The number of methoxy groups -OCH3 is 1. The Morgan fingerprint density at radius 1 is 1.31 bits per heavy atom. The molecule has 7 nitrogen and oxygen atoms in total. The number of anilines is 1. The van der Waals surface area contributed by atoms with Crippen LogP contribution in [-0.2, 0) is 16.1 Å². The first-order valence-corrected chi connectivity index (χ1v) is 9.23. The highest BCUT2D eigenvalue weighted by Gasteiger charge is 2.42. The Morgan fingerprint density at radius 3 is 2.92 bits per heavy atom. The van der Waals surface area contributed by atoms with E-state index in [1.165, 1.54) is 0 Å². The number of hydrogen-bond acceptors (Lipinski definition) is 6. The fourth-order valence-corrected chi connectivity index (χ4v) is 4.02. The molecule has 0 aliphatic carbocycles. The van der Waals surface area contributed by atoms with Gasteiger partial charge in [0.2, 0.25) is 5.91 Å². The molecular formula is C19H29N5O2. The van der Waals surface area contributed by atoms with Crippen molar-refractivity contribution in [1.82, 2.24) is 19.8 Å². The van der Waals surface area contributed by atoms with E-state index in [2.05, 4.69) is 33.4 Å². The van der Waals surface area contributed by atoms with Crippen LogP contribution in [0, 0.1) is 0 Å². The minimum atomic E-state index is -0.00377. The van der Waals surface area contributed by atoms with E-state index in [1.807, 2.05) is 17.0 Å². The van der Waals surface area contributed by atoms with Gasteiger partial charge in [-0.1, -0.05) is 6.08 Å². The smallest absolute Gasteiger partial charge is 0.222 e. The number of carbonyl (C=O) groups excluding carboxylic acids is 1. The molecule has 2 saturated heterocycles. The Labute approximate surface area is 155 Å². The molecule has 1 aromatic rings. The van der Waals surface area contributed by atoms with Gasteiger partial charge in [0, 0.05) is 57.9 Å². The zero-order valence-electron chi connectivity index (χ0n) is 15.9. The van der Waals surface area contributed by atoms with Crippen LogP contribution in [0.1, 0.15) is 25.0 Å². The van der Waals surface area contributed by atoms with Gasteiger partial charge in [-0.15, -0.1) is 6.58 Å². The van der Waals surface area contributed by atoms with E-state index in [9.17, 15) is 4.79 Å². The Balaban J connectivity index is 1.78. The van der Waals surface area contributed by atoms with Gasteiger partial charge in [0.25, 0.3) is 0 Å². The molecule has 0 radical (unpaired) electrons. The van der Waals surface area contributed by atoms with E-state index < -0.39 is 0 Å². The third kappa shape index (κ3) is 3.88. The van der Waals surface area contributed by atoms with Crippen molar-refractivity contribution in [2.24, 2.45) is 0 Å². The van der Waals surface area contributed by atoms with Crippen LogP contribution in [0.4, 0.5) is 5.82 Å². The quantitative estimate of drug-likeness (QED) is 0.739. The summed E-state index contributed by atoms with van der Waals surface area (Å²) in [4.78, 5) is 27.9. The van der Waals surface area contributed by atoms with E-state index in [4.69, 9.17) is 4.74 Å². The second kappa shape index (κ2) is 8.14. The largest absolute Gasteiger partial charge is 0.378 e. The summed E-state index contributed by atoms with van der Waals surface area (Å²) in [6.07, 6.45) is 5.85. The Morgan fingerprint density at radius 2 is 2.15 bits per heavy atom. The molecule has 142 valence electrons. The topological polar surface area (TPSA) is 61.8 Å². The molecule has 0 bridgehead atoms. The van der Waals surface area contributed by atoms with Crippen LogP contribution in [0.2, 0.25) is 0 Å². The zero-order chi connectivity index (χ0) is 18.6. The maximum Gasteiger partial charge on any atom is 0.222 e. The van der Waals surface area contributed by atoms with Crippen LogP contribution in [0.15, 0.2) is 25.0 Å². The number of piperazine rings is 1. The van der Waals surface area contributed by atoms with Crippen LogP contribution in [0.3, 0.4) is 0 Å². The Hall–Kier alpha value is -1.99. The van der Waals surface area contributed by atoms with Gasteiger partial charge in [0.1, 0.15) is 12.1 Å². The second-order valence-corrected chi connectivity index (χ2v) is 7.25. The van der Waals surface area contributed by atoms with Crippen molar-refractivity contribution in [3.63, 3.8) is 0 Å². The van der Waals surface area contributed by atoms with Gasteiger partial charge in [-0.05, 0) is 19.9 Å². The number of aromatic nitrogens is 2. The van der Waals surface area contributed by atoms with Crippen LogP contribution in [0.5, 0.6) is 0 Å². The van der Waals surface area contributed by atoms with Gasteiger partial charge in [0.15, 0.2) is 0 Å². The first kappa shape index (κ1) is 18.8. The number of likely N-dealkylation sites (tertiary alicyclic amines) is 1. The molecule has 26 heavy (non-hydrogen) atoms. The van der Waals surface area contributed by atoms with Gasteiger partial charge in [-0.2, -0.15) is 0 Å². The minimum Gasteiger partial charge on any atom is -0.378 e. The van der Waals surface area contributed by atoms with Gasteiger partial charge in [0.05, 0.1) is 12.3 Å². The number of hydrogen-bond donors (Lipinski definition) is 0. The summed E-state index contributed by atoms with van der Waals surface area (Å²) in [6.45, 7) is 8.43. The molecule has 1 aromatic heterocycles. The summed E-state index contributed by atoms with van der Waals surface area (Å²) < 4.78 is 5.19. The Bertz CT molecular complexity index is 653. The van der Waals surface area contributed by atoms with E-state index >= 15 is 0 Å². The van der Waals surface area contributed by atoms with Crippen molar-refractivity contribution in [2.75, 3.05) is 51.8 Å². The number of carbonyl (C=O) groups is 1. The molecule has 3 heterocycles. The number of amides is 1. The standard InChI is InChI=1S/C19H29N5O2/c1-4-8-23-9-7-19(6-5-18(23)25)14-24(11-10-22(19)2)17-12-16(13-26-3)20-15-21-17/h4,12,15H,1,5-11,13-14H2,2-3H3/t19-/m1/s1. The number of rotatable bonds is 5. The highest BCUT2D eigenvalue weighted by molar-refractivity contribution is 5.76. The van der Waals surface area contributed by atoms with Crippen molar-refractivity contribution >= 4 is 11.7 Å². The van der Waals surface area contributed by atoms with E-state index in [-0.39, 0.29) is 11.4 Å². The second-order valence-electron chi connectivity index (χ2n) is 7.25. The number of nitrogens with zero attached hydrogens (tertiary/aromatic N) is 5. The first-order valence-electron chi connectivity index (χ1n) is 9.23. The summed E-state index contributed by atoms with van der Waals surface area (Å²) in [7, 11) is 3.85. The van der Waals surface area contributed by atoms with Crippen molar-refractivity contribution in [2.45, 2.75) is 31.4 Å². The molecule has 2 aliphatic heterocycles. The van der Waals surface area contributed by atoms with Crippen LogP contribution >= 0.6 is 0 Å². The molecular weight excluding hydrogens is 330 g/mol. The van der Waals surface area contributed by atoms with Gasteiger partial charge in [-0.25, -0.2) is 9.97 Å². The summed E-state index contributed by atoms with van der Waals surface area (Å²) in [6, 6.07) is 2.01. The lowest BCUT2D eigenvalue weighted by molar-refractivity contribution is -0.130. The molecule has 1 amide bonds.